The van der Waals surface area contributed by atoms with Crippen LogP contribution in [0.4, 0.5) is 0 Å². The number of halogens is 2. The Morgan fingerprint density at radius 3 is 1.88 bits per heavy atom. The van der Waals surface area contributed by atoms with E-state index in [2.05, 4.69) is 72.3 Å². The van der Waals surface area contributed by atoms with Gasteiger partial charge < -0.3 is 9.03 Å². The number of hydrogen-bond acceptors (Lipinski definition) is 1. The van der Waals surface area contributed by atoms with Gasteiger partial charge in [-0.2, -0.15) is 0 Å². The fourth-order valence-corrected chi connectivity index (χ4v) is 6.93. The first-order valence-corrected chi connectivity index (χ1v) is 12.6. The van der Waals surface area contributed by atoms with Crippen LogP contribution in [0.25, 0.3) is 11.1 Å². The van der Waals surface area contributed by atoms with E-state index in [1.807, 2.05) is 0 Å². The summed E-state index contributed by atoms with van der Waals surface area (Å²) in [5.74, 6) is 0.261. The number of nitrogens with zero attached hydrogens (tertiary/aromatic N) is 1. The van der Waals surface area contributed by atoms with Gasteiger partial charge in [0.25, 0.3) is 0 Å². The van der Waals surface area contributed by atoms with Crippen LogP contribution in [0.3, 0.4) is 0 Å². The maximum absolute atomic E-state index is 13.2. The predicted octanol–water partition coefficient (Wildman–Crippen LogP) is 6.71. The summed E-state index contributed by atoms with van der Waals surface area (Å²) in [5, 5.41) is 0. The van der Waals surface area contributed by atoms with E-state index in [1.54, 1.807) is 0 Å². The molecule has 32 heavy (non-hydrogen) atoms. The summed E-state index contributed by atoms with van der Waals surface area (Å²) in [4.78, 5) is 0. The third-order valence-electron chi connectivity index (χ3n) is 6.97. The SMILES string of the molecule is CN(C1CCCCC1)[Si](=O)CC1C=C2C(=C1)c1ccccc1Cc1ccccc12.Cl.Cl.[Ti]. The molecule has 0 unspecified atom stereocenters. The van der Waals surface area contributed by atoms with Crippen molar-refractivity contribution in [1.82, 2.24) is 4.57 Å². The Morgan fingerprint density at radius 2 is 1.34 bits per heavy atom. The maximum atomic E-state index is 13.2. The van der Waals surface area contributed by atoms with Crippen molar-refractivity contribution in [3.8, 4) is 0 Å². The van der Waals surface area contributed by atoms with Gasteiger partial charge in [-0.15, -0.1) is 24.8 Å². The Bertz CT molecular complexity index is 955. The molecule has 0 aromatic heterocycles. The Kier molecular flexibility index (Phi) is 10.2. The summed E-state index contributed by atoms with van der Waals surface area (Å²) < 4.78 is 15.4. The Balaban J connectivity index is 0.00000121. The zero-order valence-electron chi connectivity index (χ0n) is 18.5. The molecule has 0 radical (unpaired) electrons. The predicted molar refractivity (Wildman–Crippen MR) is 136 cm³/mol. The first-order valence-electron chi connectivity index (χ1n) is 11.1. The monoisotopic (exact) mass is 519 g/mol. The van der Waals surface area contributed by atoms with E-state index in [4.69, 9.17) is 0 Å². The minimum absolute atomic E-state index is 0. The molecular weight excluding hydrogens is 489 g/mol. The van der Waals surface area contributed by atoms with E-state index >= 15 is 0 Å². The van der Waals surface area contributed by atoms with Crippen LogP contribution in [0.15, 0.2) is 60.7 Å². The molecule has 2 aromatic carbocycles. The summed E-state index contributed by atoms with van der Waals surface area (Å²) in [5.41, 5.74) is 8.15. The quantitative estimate of drug-likeness (QED) is 0.418. The molecule has 0 heterocycles. The van der Waals surface area contributed by atoms with Gasteiger partial charge in [0.05, 0.1) is 0 Å². The molecule has 0 atom stereocenters. The molecule has 3 aliphatic carbocycles. The topological polar surface area (TPSA) is 20.3 Å². The van der Waals surface area contributed by atoms with Gasteiger partial charge in [-0.25, -0.2) is 0 Å². The van der Waals surface area contributed by atoms with Crippen molar-refractivity contribution in [2.75, 3.05) is 7.05 Å². The van der Waals surface area contributed by atoms with Gasteiger partial charge >= 0.3 is 8.84 Å². The normalized spacial score (nSPS) is 17.0. The zero-order valence-corrected chi connectivity index (χ0v) is 22.7. The second kappa shape index (κ2) is 11.9. The first-order chi connectivity index (χ1) is 14.2. The number of allylic oxidation sites excluding steroid dienone is 4. The van der Waals surface area contributed by atoms with Crippen LogP contribution in [0.1, 0.15) is 54.4 Å². The summed E-state index contributed by atoms with van der Waals surface area (Å²) in [6.07, 6.45) is 12.1. The van der Waals surface area contributed by atoms with Gasteiger partial charge in [-0.1, -0.05) is 79.9 Å². The van der Waals surface area contributed by atoms with E-state index in [9.17, 15) is 4.46 Å². The van der Waals surface area contributed by atoms with Crippen LogP contribution in [0.5, 0.6) is 0 Å². The summed E-state index contributed by atoms with van der Waals surface area (Å²) >= 11 is 0. The van der Waals surface area contributed by atoms with Crippen LogP contribution in [-0.2, 0) is 32.6 Å². The van der Waals surface area contributed by atoms with E-state index in [-0.39, 0.29) is 52.4 Å². The molecule has 1 saturated carbocycles. The summed E-state index contributed by atoms with van der Waals surface area (Å²) in [6, 6.07) is 18.8. The van der Waals surface area contributed by atoms with E-state index < -0.39 is 8.84 Å². The van der Waals surface area contributed by atoms with Crippen molar-refractivity contribution >= 4 is 44.8 Å². The van der Waals surface area contributed by atoms with E-state index in [0.717, 1.165) is 12.5 Å². The first kappa shape index (κ1) is 27.3. The average molecular weight is 520 g/mol. The Hall–Kier alpha value is -0.969. The van der Waals surface area contributed by atoms with Gasteiger partial charge in [0.2, 0.25) is 0 Å². The molecule has 3 aliphatic rings. The molecule has 6 heteroatoms. The number of benzene rings is 2. The largest absolute Gasteiger partial charge is 0.395 e. The number of hydrogen-bond donors (Lipinski definition) is 0. The van der Waals surface area contributed by atoms with E-state index in [0.29, 0.717) is 6.04 Å². The Morgan fingerprint density at radius 1 is 0.844 bits per heavy atom. The van der Waals surface area contributed by atoms with Crippen molar-refractivity contribution in [1.29, 1.82) is 0 Å². The van der Waals surface area contributed by atoms with Gasteiger partial charge in [0.15, 0.2) is 0 Å². The average Bonchev–Trinajstić information content (AvgIpc) is 3.12. The molecule has 5 rings (SSSR count). The minimum atomic E-state index is -1.76. The second-order valence-corrected chi connectivity index (χ2v) is 10.7. The van der Waals surface area contributed by atoms with Crippen LogP contribution < -0.4 is 0 Å². The fraction of sp³-hybridized carbons (Fsp3) is 0.385. The maximum Gasteiger partial charge on any atom is 0.395 e. The molecular formula is C26H31Cl2NOSiTi. The molecule has 1 fully saturated rings. The van der Waals surface area contributed by atoms with Gasteiger partial charge in [0, 0.05) is 46.8 Å². The molecule has 0 spiro atoms. The van der Waals surface area contributed by atoms with Crippen molar-refractivity contribution in [3.63, 3.8) is 0 Å². The minimum Gasteiger partial charge on any atom is -0.377 e. The molecule has 0 amide bonds. The van der Waals surface area contributed by atoms with Crippen LogP contribution >= 0.6 is 24.8 Å². The number of rotatable bonds is 4. The van der Waals surface area contributed by atoms with Crippen molar-refractivity contribution < 1.29 is 26.2 Å². The molecule has 168 valence electrons. The molecule has 0 aliphatic heterocycles. The molecule has 0 saturated heterocycles. The van der Waals surface area contributed by atoms with Gasteiger partial charge in [-0.3, -0.25) is 0 Å². The third kappa shape index (κ3) is 5.39. The smallest absolute Gasteiger partial charge is 0.377 e. The van der Waals surface area contributed by atoms with Crippen molar-refractivity contribution in [2.45, 2.75) is 50.6 Å². The van der Waals surface area contributed by atoms with E-state index in [1.165, 1.54) is 65.5 Å². The van der Waals surface area contributed by atoms with Crippen molar-refractivity contribution in [3.05, 3.63) is 82.9 Å². The van der Waals surface area contributed by atoms with Crippen LogP contribution in [-0.4, -0.2) is 26.5 Å². The van der Waals surface area contributed by atoms with Gasteiger partial charge in [0.1, 0.15) is 0 Å². The fourth-order valence-electron chi connectivity index (χ4n) is 5.34. The second-order valence-electron chi connectivity index (χ2n) is 8.82. The zero-order chi connectivity index (χ0) is 19.8. The molecule has 0 bridgehead atoms. The van der Waals surface area contributed by atoms with Crippen LogP contribution in [0, 0.1) is 5.92 Å². The molecule has 2 nitrogen and oxygen atoms in total. The Labute approximate surface area is 221 Å². The van der Waals surface area contributed by atoms with Crippen LogP contribution in [0.2, 0.25) is 6.04 Å². The van der Waals surface area contributed by atoms with Crippen molar-refractivity contribution in [2.24, 2.45) is 5.92 Å². The summed E-state index contributed by atoms with van der Waals surface area (Å²) in [7, 11) is 0.333. The van der Waals surface area contributed by atoms with Gasteiger partial charge in [-0.05, 0) is 52.7 Å². The molecule has 2 aromatic rings. The molecule has 0 N–H and O–H groups in total. The standard InChI is InChI=1S/C26H29NOSi.2ClH.Ti/c1-27(22-11-3-2-4-12-22)29(28)18-19-15-25-23-13-7-5-9-20(23)17-21-10-6-8-14-24(21)26(25)16-19;;;/h5-10,13-16,19,22H,2-4,11-12,17-18H2,1H3;2*1H;. The summed E-state index contributed by atoms with van der Waals surface area (Å²) in [6.45, 7) is 0. The third-order valence-corrected chi connectivity index (χ3v) is 8.95. The number of fused-ring (bicyclic) bond motifs is 5.